The zero-order chi connectivity index (χ0) is 20.8. The van der Waals surface area contributed by atoms with Crippen molar-refractivity contribution in [1.82, 2.24) is 9.88 Å². The van der Waals surface area contributed by atoms with Crippen molar-refractivity contribution in [2.45, 2.75) is 19.4 Å². The highest BCUT2D eigenvalue weighted by atomic mass is 35.5. The van der Waals surface area contributed by atoms with Crippen molar-refractivity contribution in [3.05, 3.63) is 58.1 Å². The Morgan fingerprint density at radius 1 is 1.14 bits per heavy atom. The van der Waals surface area contributed by atoms with E-state index in [2.05, 4.69) is 9.88 Å². The summed E-state index contributed by atoms with van der Waals surface area (Å²) in [5.41, 5.74) is 8.04. The first kappa shape index (κ1) is 21.6. The average molecular weight is 435 g/mol. The number of fused-ring (bicyclic) bond motifs is 1. The third kappa shape index (κ3) is 5.70. The summed E-state index contributed by atoms with van der Waals surface area (Å²) in [6.45, 7) is 2.30. The lowest BCUT2D eigenvalue weighted by Crippen LogP contribution is -2.35. The van der Waals surface area contributed by atoms with Gasteiger partial charge in [-0.2, -0.15) is 4.98 Å². The van der Waals surface area contributed by atoms with Gasteiger partial charge in [0.25, 0.3) is 0 Å². The lowest BCUT2D eigenvalue weighted by atomic mass is 10.2. The number of hydrogen-bond donors (Lipinski definition) is 1. The molecule has 0 fully saturated rings. The molecule has 0 saturated heterocycles. The van der Waals surface area contributed by atoms with Gasteiger partial charge in [-0.15, -0.1) is 0 Å². The molecule has 3 aromatic rings. The molecule has 0 saturated carbocycles. The van der Waals surface area contributed by atoms with E-state index in [1.165, 1.54) is 0 Å². The van der Waals surface area contributed by atoms with Gasteiger partial charge in [0.15, 0.2) is 5.58 Å². The predicted octanol–water partition coefficient (Wildman–Crippen LogP) is 4.34. The Morgan fingerprint density at radius 2 is 1.93 bits per heavy atom. The van der Waals surface area contributed by atoms with Gasteiger partial charge in [0.1, 0.15) is 5.52 Å². The predicted molar refractivity (Wildman–Crippen MR) is 117 cm³/mol. The van der Waals surface area contributed by atoms with Crippen LogP contribution in [0.2, 0.25) is 10.0 Å². The smallest absolute Gasteiger partial charge is 0.305 e. The van der Waals surface area contributed by atoms with Crippen LogP contribution in [0.15, 0.2) is 46.9 Å². The molecule has 1 aromatic heterocycles. The van der Waals surface area contributed by atoms with Crippen LogP contribution < -0.4 is 10.6 Å². The lowest BCUT2D eigenvalue weighted by molar-refractivity contribution is -0.118. The van der Waals surface area contributed by atoms with Gasteiger partial charge >= 0.3 is 6.01 Å². The Labute approximate surface area is 180 Å². The molecule has 3 rings (SSSR count). The number of halogens is 2. The van der Waals surface area contributed by atoms with Crippen molar-refractivity contribution in [2.24, 2.45) is 5.73 Å². The summed E-state index contributed by atoms with van der Waals surface area (Å²) in [7, 11) is 2.02. The van der Waals surface area contributed by atoms with Crippen LogP contribution >= 0.6 is 23.2 Å². The number of rotatable bonds is 9. The van der Waals surface area contributed by atoms with Gasteiger partial charge in [-0.05, 0) is 49.8 Å². The van der Waals surface area contributed by atoms with Crippen molar-refractivity contribution in [3.63, 3.8) is 0 Å². The van der Waals surface area contributed by atoms with E-state index in [0.717, 1.165) is 30.6 Å². The molecule has 0 unspecified atom stereocenters. The zero-order valence-corrected chi connectivity index (χ0v) is 17.8. The van der Waals surface area contributed by atoms with Crippen LogP contribution in [0.3, 0.4) is 0 Å². The van der Waals surface area contributed by atoms with Crippen LogP contribution in [-0.4, -0.2) is 42.5 Å². The number of benzene rings is 2. The van der Waals surface area contributed by atoms with Gasteiger partial charge in [0.05, 0.1) is 10.0 Å². The number of amides is 1. The van der Waals surface area contributed by atoms with Gasteiger partial charge in [-0.3, -0.25) is 9.69 Å². The fourth-order valence-corrected chi connectivity index (χ4v) is 3.41. The molecule has 0 bridgehead atoms. The second-order valence-electron chi connectivity index (χ2n) is 6.89. The molecule has 2 N–H and O–H groups in total. The molecule has 1 amide bonds. The standard InChI is InChI=1S/C21H24Cl2N4O2/c1-26(14-15-7-8-16(22)17(23)13-15)11-4-12-27(20(28)9-10-24)21-25-18-5-2-3-6-19(18)29-21/h2-3,5-8,13H,4,9-12,14,24H2,1H3. The highest BCUT2D eigenvalue weighted by Gasteiger charge is 2.20. The molecular formula is C21H24Cl2N4O2. The third-order valence-electron chi connectivity index (χ3n) is 4.53. The number of para-hydroxylation sites is 2. The Balaban J connectivity index is 1.62. The summed E-state index contributed by atoms with van der Waals surface area (Å²) in [6, 6.07) is 13.4. The first-order chi connectivity index (χ1) is 14.0. The molecule has 0 atom stereocenters. The second-order valence-corrected chi connectivity index (χ2v) is 7.70. The molecule has 2 aromatic carbocycles. The number of carbonyl (C=O) groups is 1. The average Bonchev–Trinajstić information content (AvgIpc) is 3.12. The minimum atomic E-state index is -0.0915. The maximum Gasteiger partial charge on any atom is 0.305 e. The SMILES string of the molecule is CN(CCCN(C(=O)CCN)c1nc2ccccc2o1)Cc1ccc(Cl)c(Cl)c1. The third-order valence-corrected chi connectivity index (χ3v) is 5.27. The van der Waals surface area contributed by atoms with Crippen LogP contribution in [0.25, 0.3) is 11.1 Å². The minimum absolute atomic E-state index is 0.0915. The van der Waals surface area contributed by atoms with Gasteiger partial charge < -0.3 is 15.1 Å². The van der Waals surface area contributed by atoms with Crippen molar-refractivity contribution in [2.75, 3.05) is 31.6 Å². The van der Waals surface area contributed by atoms with Crippen molar-refractivity contribution >= 4 is 46.2 Å². The summed E-state index contributed by atoms with van der Waals surface area (Å²) in [4.78, 5) is 20.8. The van der Waals surface area contributed by atoms with E-state index >= 15 is 0 Å². The Bertz CT molecular complexity index is 943. The molecule has 29 heavy (non-hydrogen) atoms. The Kier molecular flexibility index (Phi) is 7.50. The first-order valence-corrected chi connectivity index (χ1v) is 10.2. The minimum Gasteiger partial charge on any atom is -0.423 e. The summed E-state index contributed by atoms with van der Waals surface area (Å²) in [5, 5.41) is 1.09. The van der Waals surface area contributed by atoms with Gasteiger partial charge in [0, 0.05) is 26.1 Å². The molecule has 1 heterocycles. The molecule has 6 nitrogen and oxygen atoms in total. The number of carbonyl (C=O) groups excluding carboxylic acids is 1. The topological polar surface area (TPSA) is 75.6 Å². The summed E-state index contributed by atoms with van der Waals surface area (Å²) >= 11 is 12.1. The van der Waals surface area contributed by atoms with E-state index in [1.54, 1.807) is 11.0 Å². The quantitative estimate of drug-likeness (QED) is 0.541. The fourth-order valence-electron chi connectivity index (χ4n) is 3.09. The van der Waals surface area contributed by atoms with Crippen molar-refractivity contribution in [1.29, 1.82) is 0 Å². The highest BCUT2D eigenvalue weighted by Crippen LogP contribution is 2.24. The molecule has 0 aliphatic rings. The molecule has 0 aliphatic heterocycles. The molecule has 8 heteroatoms. The number of nitrogens with two attached hydrogens (primary N) is 1. The highest BCUT2D eigenvalue weighted by molar-refractivity contribution is 6.42. The molecule has 0 radical (unpaired) electrons. The monoisotopic (exact) mass is 434 g/mol. The largest absolute Gasteiger partial charge is 0.423 e. The zero-order valence-electron chi connectivity index (χ0n) is 16.3. The van der Waals surface area contributed by atoms with Crippen LogP contribution in [-0.2, 0) is 11.3 Å². The molecule has 0 spiro atoms. The van der Waals surface area contributed by atoms with Crippen LogP contribution in [0.4, 0.5) is 6.01 Å². The Hall–Kier alpha value is -2.12. The number of oxazole rings is 1. The van der Waals surface area contributed by atoms with Gasteiger partial charge in [-0.1, -0.05) is 41.4 Å². The first-order valence-electron chi connectivity index (χ1n) is 9.46. The maximum absolute atomic E-state index is 12.6. The van der Waals surface area contributed by atoms with E-state index < -0.39 is 0 Å². The lowest BCUT2D eigenvalue weighted by Gasteiger charge is -2.21. The fraction of sp³-hybridized carbons (Fsp3) is 0.333. The van der Waals surface area contributed by atoms with E-state index in [-0.39, 0.29) is 18.9 Å². The Morgan fingerprint density at radius 3 is 2.66 bits per heavy atom. The van der Waals surface area contributed by atoms with E-state index in [9.17, 15) is 4.79 Å². The van der Waals surface area contributed by atoms with E-state index in [4.69, 9.17) is 33.4 Å². The van der Waals surface area contributed by atoms with Crippen molar-refractivity contribution < 1.29 is 9.21 Å². The van der Waals surface area contributed by atoms with E-state index in [0.29, 0.717) is 28.2 Å². The van der Waals surface area contributed by atoms with Crippen LogP contribution in [0.5, 0.6) is 0 Å². The number of hydrogen-bond acceptors (Lipinski definition) is 5. The maximum atomic E-state index is 12.6. The molecular weight excluding hydrogens is 411 g/mol. The second kappa shape index (κ2) is 10.1. The van der Waals surface area contributed by atoms with Crippen LogP contribution in [0.1, 0.15) is 18.4 Å². The van der Waals surface area contributed by atoms with Crippen LogP contribution in [0, 0.1) is 0 Å². The molecule has 154 valence electrons. The summed E-state index contributed by atoms with van der Waals surface area (Å²) in [5.74, 6) is -0.0915. The normalized spacial score (nSPS) is 11.3. The van der Waals surface area contributed by atoms with Gasteiger partial charge in [0.2, 0.25) is 5.91 Å². The van der Waals surface area contributed by atoms with Crippen molar-refractivity contribution in [3.8, 4) is 0 Å². The number of aromatic nitrogens is 1. The summed E-state index contributed by atoms with van der Waals surface area (Å²) in [6.07, 6.45) is 1.00. The number of nitrogens with zero attached hydrogens (tertiary/aromatic N) is 3. The summed E-state index contributed by atoms with van der Waals surface area (Å²) < 4.78 is 5.79. The van der Waals surface area contributed by atoms with E-state index in [1.807, 2.05) is 43.4 Å². The number of anilines is 1. The van der Waals surface area contributed by atoms with Gasteiger partial charge in [-0.25, -0.2) is 0 Å². The molecule has 0 aliphatic carbocycles.